The maximum Gasteiger partial charge on any atom is 0.316 e. The smallest absolute Gasteiger partial charge is 0.316 e. The lowest BCUT2D eigenvalue weighted by molar-refractivity contribution is -0.147. The number of nitrogens with zero attached hydrogens (tertiary/aromatic N) is 2. The molecule has 9 heteroatoms. The third kappa shape index (κ3) is 3.59. The summed E-state index contributed by atoms with van der Waals surface area (Å²) >= 11 is 5.81. The van der Waals surface area contributed by atoms with Crippen molar-refractivity contribution in [2.45, 2.75) is 0 Å². The highest BCUT2D eigenvalue weighted by Gasteiger charge is 2.34. The van der Waals surface area contributed by atoms with Crippen molar-refractivity contribution in [3.05, 3.63) is 47.5 Å². The van der Waals surface area contributed by atoms with Gasteiger partial charge in [0.25, 0.3) is 0 Å². The molecule has 1 fully saturated rings. The third-order valence-corrected chi connectivity index (χ3v) is 4.69. The Balaban J connectivity index is 1.39. The van der Waals surface area contributed by atoms with Gasteiger partial charge in [-0.1, -0.05) is 11.6 Å². The molecule has 2 heterocycles. The van der Waals surface area contributed by atoms with Gasteiger partial charge in [0.05, 0.1) is 0 Å². The number of carbonyl (C=O) groups is 3. The highest BCUT2D eigenvalue weighted by atomic mass is 35.5. The van der Waals surface area contributed by atoms with E-state index < -0.39 is 11.8 Å². The quantitative estimate of drug-likeness (QED) is 0.790. The van der Waals surface area contributed by atoms with Gasteiger partial charge in [0, 0.05) is 35.6 Å². The first kappa shape index (κ1) is 18.1. The molecule has 2 aromatic carbocycles. The van der Waals surface area contributed by atoms with Crippen LogP contribution in [0.4, 0.5) is 11.4 Å². The van der Waals surface area contributed by atoms with Crippen molar-refractivity contribution in [3.63, 3.8) is 0 Å². The number of rotatable bonds is 4. The first-order valence-corrected chi connectivity index (χ1v) is 8.95. The minimum atomic E-state index is -0.727. The molecule has 0 atom stereocenters. The lowest BCUT2D eigenvalue weighted by Crippen LogP contribution is -2.56. The van der Waals surface area contributed by atoms with Crippen LogP contribution in [0.2, 0.25) is 5.02 Å². The van der Waals surface area contributed by atoms with E-state index in [4.69, 9.17) is 21.1 Å². The molecule has 0 spiro atoms. The SMILES string of the molecule is O=C(CN1CCN(c2ccc3c(c2)OCO3)C(=O)C1=O)Nc1ccc(Cl)cc1. The number of carbonyl (C=O) groups excluding carboxylic acids is 3. The fraction of sp³-hybridized carbons (Fsp3) is 0.211. The molecule has 0 bridgehead atoms. The number of anilines is 2. The van der Waals surface area contributed by atoms with Gasteiger partial charge in [-0.3, -0.25) is 14.4 Å². The van der Waals surface area contributed by atoms with Crippen molar-refractivity contribution >= 4 is 40.7 Å². The Morgan fingerprint density at radius 2 is 1.75 bits per heavy atom. The highest BCUT2D eigenvalue weighted by molar-refractivity contribution is 6.41. The zero-order valence-electron chi connectivity index (χ0n) is 14.7. The summed E-state index contributed by atoms with van der Waals surface area (Å²) in [7, 11) is 0. The van der Waals surface area contributed by atoms with E-state index in [-0.39, 0.29) is 32.3 Å². The largest absolute Gasteiger partial charge is 0.454 e. The molecule has 2 aliphatic rings. The van der Waals surface area contributed by atoms with E-state index in [2.05, 4.69) is 5.32 Å². The summed E-state index contributed by atoms with van der Waals surface area (Å²) in [6, 6.07) is 11.7. The standard InChI is InChI=1S/C19H16ClN3O5/c20-12-1-3-13(4-2-12)21-17(24)10-22-7-8-23(19(26)18(22)25)14-5-6-15-16(9-14)28-11-27-15/h1-6,9H,7-8,10-11H2,(H,21,24). The average Bonchev–Trinajstić information content (AvgIpc) is 3.15. The highest BCUT2D eigenvalue weighted by Crippen LogP contribution is 2.35. The van der Waals surface area contributed by atoms with Gasteiger partial charge in [0.15, 0.2) is 11.5 Å². The zero-order valence-corrected chi connectivity index (χ0v) is 15.4. The van der Waals surface area contributed by atoms with Crippen molar-refractivity contribution in [2.75, 3.05) is 36.6 Å². The Hall–Kier alpha value is -3.26. The number of hydrogen-bond donors (Lipinski definition) is 1. The third-order valence-electron chi connectivity index (χ3n) is 4.44. The Bertz CT molecular complexity index is 947. The average molecular weight is 402 g/mol. The summed E-state index contributed by atoms with van der Waals surface area (Å²) in [5.74, 6) is -0.679. The Kier molecular flexibility index (Phi) is 4.79. The fourth-order valence-electron chi connectivity index (χ4n) is 3.03. The van der Waals surface area contributed by atoms with E-state index in [1.165, 1.54) is 9.80 Å². The second-order valence-corrected chi connectivity index (χ2v) is 6.71. The van der Waals surface area contributed by atoms with E-state index in [0.717, 1.165) is 0 Å². The first-order chi connectivity index (χ1) is 13.5. The maximum absolute atomic E-state index is 12.5. The van der Waals surface area contributed by atoms with Gasteiger partial charge in [-0.05, 0) is 36.4 Å². The maximum atomic E-state index is 12.5. The summed E-state index contributed by atoms with van der Waals surface area (Å²) in [6.07, 6.45) is 0. The Labute approximate surface area is 165 Å². The van der Waals surface area contributed by atoms with Crippen LogP contribution in [0, 0.1) is 0 Å². The van der Waals surface area contributed by atoms with Gasteiger partial charge in [-0.2, -0.15) is 0 Å². The molecule has 144 valence electrons. The fourth-order valence-corrected chi connectivity index (χ4v) is 3.16. The number of amides is 3. The minimum Gasteiger partial charge on any atom is -0.454 e. The van der Waals surface area contributed by atoms with E-state index >= 15 is 0 Å². The summed E-state index contributed by atoms with van der Waals surface area (Å²) in [4.78, 5) is 39.8. The molecule has 0 unspecified atom stereocenters. The lowest BCUT2D eigenvalue weighted by Gasteiger charge is -2.33. The molecule has 1 N–H and O–H groups in total. The molecule has 0 aromatic heterocycles. The predicted octanol–water partition coefficient (Wildman–Crippen LogP) is 1.88. The van der Waals surface area contributed by atoms with Crippen LogP contribution in [0.25, 0.3) is 0 Å². The molecule has 4 rings (SSSR count). The van der Waals surface area contributed by atoms with Crippen LogP contribution < -0.4 is 19.7 Å². The molecular formula is C19H16ClN3O5. The number of fused-ring (bicyclic) bond motifs is 1. The predicted molar refractivity (Wildman–Crippen MR) is 102 cm³/mol. The van der Waals surface area contributed by atoms with Crippen LogP contribution in [0.1, 0.15) is 0 Å². The number of piperazine rings is 1. The Morgan fingerprint density at radius 3 is 2.54 bits per heavy atom. The summed E-state index contributed by atoms with van der Waals surface area (Å²) in [6.45, 7) is 0.440. The van der Waals surface area contributed by atoms with Crippen LogP contribution in [-0.2, 0) is 14.4 Å². The summed E-state index contributed by atoms with van der Waals surface area (Å²) < 4.78 is 10.6. The number of halogens is 1. The van der Waals surface area contributed by atoms with Crippen molar-refractivity contribution in [2.24, 2.45) is 0 Å². The van der Waals surface area contributed by atoms with Gasteiger partial charge in [-0.25, -0.2) is 0 Å². The minimum absolute atomic E-state index is 0.127. The van der Waals surface area contributed by atoms with E-state index in [0.29, 0.717) is 27.9 Å². The molecule has 28 heavy (non-hydrogen) atoms. The van der Waals surface area contributed by atoms with Gasteiger partial charge < -0.3 is 24.6 Å². The van der Waals surface area contributed by atoms with Gasteiger partial charge in [0.1, 0.15) is 6.54 Å². The van der Waals surface area contributed by atoms with Crippen LogP contribution >= 0.6 is 11.6 Å². The monoisotopic (exact) mass is 401 g/mol. The van der Waals surface area contributed by atoms with Crippen molar-refractivity contribution in [1.82, 2.24) is 4.90 Å². The molecule has 0 saturated carbocycles. The number of benzene rings is 2. The lowest BCUT2D eigenvalue weighted by atomic mass is 10.2. The van der Waals surface area contributed by atoms with Crippen molar-refractivity contribution in [3.8, 4) is 11.5 Å². The second kappa shape index (κ2) is 7.40. The summed E-state index contributed by atoms with van der Waals surface area (Å²) in [5, 5.41) is 3.23. The van der Waals surface area contributed by atoms with Crippen LogP contribution in [-0.4, -0.2) is 49.0 Å². The van der Waals surface area contributed by atoms with E-state index in [1.807, 2.05) is 0 Å². The molecule has 8 nitrogen and oxygen atoms in total. The number of ether oxygens (including phenoxy) is 2. The molecule has 0 aliphatic carbocycles. The van der Waals surface area contributed by atoms with Gasteiger partial charge in [-0.15, -0.1) is 0 Å². The van der Waals surface area contributed by atoms with Gasteiger partial charge >= 0.3 is 11.8 Å². The van der Waals surface area contributed by atoms with E-state index in [1.54, 1.807) is 42.5 Å². The van der Waals surface area contributed by atoms with Gasteiger partial charge in [0.2, 0.25) is 12.7 Å². The Morgan fingerprint density at radius 1 is 1.00 bits per heavy atom. The topological polar surface area (TPSA) is 88.2 Å². The van der Waals surface area contributed by atoms with E-state index in [9.17, 15) is 14.4 Å². The van der Waals surface area contributed by atoms with Crippen LogP contribution in [0.3, 0.4) is 0 Å². The first-order valence-electron chi connectivity index (χ1n) is 8.57. The molecule has 2 aromatic rings. The normalized spacial score (nSPS) is 15.8. The van der Waals surface area contributed by atoms with Crippen molar-refractivity contribution < 1.29 is 23.9 Å². The van der Waals surface area contributed by atoms with Crippen LogP contribution in [0.5, 0.6) is 11.5 Å². The molecular weight excluding hydrogens is 386 g/mol. The van der Waals surface area contributed by atoms with Crippen LogP contribution in [0.15, 0.2) is 42.5 Å². The summed E-state index contributed by atoms with van der Waals surface area (Å²) in [5.41, 5.74) is 1.11. The second-order valence-electron chi connectivity index (χ2n) is 6.28. The molecule has 2 aliphatic heterocycles. The number of hydrogen-bond acceptors (Lipinski definition) is 5. The number of nitrogens with one attached hydrogen (secondary N) is 1. The molecule has 1 saturated heterocycles. The zero-order chi connectivity index (χ0) is 19.7. The van der Waals surface area contributed by atoms with Crippen molar-refractivity contribution in [1.29, 1.82) is 0 Å². The molecule has 0 radical (unpaired) electrons. The molecule has 3 amide bonds.